The fraction of sp³-hybridized carbons (Fsp3) is 1.00. The van der Waals surface area contributed by atoms with E-state index in [0.717, 1.165) is 0 Å². The molecular formula is C12H22O11. The minimum Gasteiger partial charge on any atom is -0.394 e. The second-order valence-corrected chi connectivity index (χ2v) is 5.56. The molecule has 2 saturated heterocycles. The lowest BCUT2D eigenvalue weighted by Crippen LogP contribution is -2.62. The Morgan fingerprint density at radius 3 is 1.87 bits per heavy atom. The van der Waals surface area contributed by atoms with Gasteiger partial charge in [0.25, 0.3) is 0 Å². The summed E-state index contributed by atoms with van der Waals surface area (Å²) in [7, 11) is 0. The smallest absolute Gasteiger partial charge is 0.224 e. The summed E-state index contributed by atoms with van der Waals surface area (Å²) in [6.07, 6.45) is -12.7. The van der Waals surface area contributed by atoms with Gasteiger partial charge in [-0.05, 0) is 0 Å². The molecule has 0 radical (unpaired) electrons. The molecule has 2 fully saturated rings. The molecule has 11 heteroatoms. The molecule has 23 heavy (non-hydrogen) atoms. The Bertz CT molecular complexity index is 393. The molecule has 8 N–H and O–H groups in total. The third-order valence-corrected chi connectivity index (χ3v) is 4.07. The Morgan fingerprint density at radius 2 is 1.39 bits per heavy atom. The van der Waals surface area contributed by atoms with Crippen LogP contribution in [0.3, 0.4) is 0 Å². The first kappa shape index (κ1) is 18.9. The maximum absolute atomic E-state index is 10.00. The molecule has 1 unspecified atom stereocenters. The number of aliphatic hydroxyl groups is 8. The fourth-order valence-corrected chi connectivity index (χ4v) is 2.63. The van der Waals surface area contributed by atoms with Crippen LogP contribution in [0.2, 0.25) is 0 Å². The lowest BCUT2D eigenvalue weighted by molar-refractivity contribution is -0.383. The molecule has 2 aliphatic heterocycles. The third-order valence-electron chi connectivity index (χ3n) is 4.07. The van der Waals surface area contributed by atoms with Gasteiger partial charge in [0.1, 0.15) is 49.3 Å². The lowest BCUT2D eigenvalue weighted by atomic mass is 9.99. The molecule has 0 amide bonds. The zero-order valence-electron chi connectivity index (χ0n) is 12.0. The van der Waals surface area contributed by atoms with E-state index in [1.165, 1.54) is 0 Å². The van der Waals surface area contributed by atoms with Crippen molar-refractivity contribution in [3.05, 3.63) is 0 Å². The fourth-order valence-electron chi connectivity index (χ4n) is 2.63. The maximum atomic E-state index is 10.00. The van der Waals surface area contributed by atoms with E-state index in [0.29, 0.717) is 0 Å². The van der Waals surface area contributed by atoms with Gasteiger partial charge >= 0.3 is 0 Å². The average molecular weight is 342 g/mol. The highest BCUT2D eigenvalue weighted by molar-refractivity contribution is 4.98. The van der Waals surface area contributed by atoms with Gasteiger partial charge in [0.2, 0.25) is 5.79 Å². The highest BCUT2D eigenvalue weighted by Crippen LogP contribution is 2.35. The highest BCUT2D eigenvalue weighted by Gasteiger charge is 2.58. The Morgan fingerprint density at radius 1 is 0.783 bits per heavy atom. The number of hydrogen-bond donors (Lipinski definition) is 8. The molecule has 0 aromatic heterocycles. The summed E-state index contributed by atoms with van der Waals surface area (Å²) < 4.78 is 15.4. The average Bonchev–Trinajstić information content (AvgIpc) is 2.80. The van der Waals surface area contributed by atoms with Gasteiger partial charge in [0.05, 0.1) is 13.2 Å². The first-order chi connectivity index (χ1) is 10.8. The van der Waals surface area contributed by atoms with Crippen molar-refractivity contribution < 1.29 is 55.1 Å². The van der Waals surface area contributed by atoms with Gasteiger partial charge in [-0.3, -0.25) is 0 Å². The van der Waals surface area contributed by atoms with Crippen LogP contribution in [-0.2, 0) is 14.2 Å². The summed E-state index contributed by atoms with van der Waals surface area (Å²) in [6, 6.07) is 0. The minimum absolute atomic E-state index is 0.669. The van der Waals surface area contributed by atoms with Crippen LogP contribution < -0.4 is 0 Å². The van der Waals surface area contributed by atoms with Crippen LogP contribution in [0.4, 0.5) is 0 Å². The predicted molar refractivity (Wildman–Crippen MR) is 68.6 cm³/mol. The van der Waals surface area contributed by atoms with Crippen molar-refractivity contribution in [2.24, 2.45) is 0 Å². The molecule has 11 nitrogen and oxygen atoms in total. The van der Waals surface area contributed by atoms with Crippen molar-refractivity contribution in [3.8, 4) is 0 Å². The molecule has 9 atom stereocenters. The molecule has 0 aromatic carbocycles. The van der Waals surface area contributed by atoms with Gasteiger partial charge in [-0.2, -0.15) is 0 Å². The molecule has 0 saturated carbocycles. The van der Waals surface area contributed by atoms with Crippen molar-refractivity contribution in [2.45, 2.75) is 54.8 Å². The van der Waals surface area contributed by atoms with Gasteiger partial charge in [-0.15, -0.1) is 0 Å². The van der Waals surface area contributed by atoms with Crippen molar-refractivity contribution in [1.82, 2.24) is 0 Å². The van der Waals surface area contributed by atoms with Gasteiger partial charge in [0.15, 0.2) is 6.29 Å². The number of hydrogen-bond acceptors (Lipinski definition) is 11. The van der Waals surface area contributed by atoms with Crippen molar-refractivity contribution >= 4 is 0 Å². The zero-order valence-corrected chi connectivity index (χ0v) is 12.0. The van der Waals surface area contributed by atoms with E-state index in [-0.39, 0.29) is 0 Å². The highest BCUT2D eigenvalue weighted by atomic mass is 16.8. The molecular weight excluding hydrogens is 320 g/mol. The predicted octanol–water partition coefficient (Wildman–Crippen LogP) is -5.40. The first-order valence-corrected chi connectivity index (χ1v) is 7.05. The monoisotopic (exact) mass is 342 g/mol. The largest absolute Gasteiger partial charge is 0.394 e. The van der Waals surface area contributed by atoms with Gasteiger partial charge in [0, 0.05) is 0 Å². The van der Waals surface area contributed by atoms with E-state index < -0.39 is 74.6 Å². The van der Waals surface area contributed by atoms with E-state index in [9.17, 15) is 30.6 Å². The molecule has 136 valence electrons. The number of ether oxygens (including phenoxy) is 3. The third kappa shape index (κ3) is 3.23. The van der Waals surface area contributed by atoms with Gasteiger partial charge in [-0.25, -0.2) is 0 Å². The van der Waals surface area contributed by atoms with Crippen LogP contribution in [0, 0.1) is 0 Å². The number of rotatable bonds is 5. The normalized spacial score (nSPS) is 51.1. The lowest BCUT2D eigenvalue weighted by Gasteiger charge is -2.43. The van der Waals surface area contributed by atoms with Crippen LogP contribution in [-0.4, -0.2) is 115 Å². The molecule has 0 spiro atoms. The van der Waals surface area contributed by atoms with Crippen LogP contribution in [0.25, 0.3) is 0 Å². The van der Waals surface area contributed by atoms with Crippen molar-refractivity contribution in [2.75, 3.05) is 19.8 Å². The van der Waals surface area contributed by atoms with Crippen molar-refractivity contribution in [3.63, 3.8) is 0 Å². The Labute approximate surface area is 130 Å². The Hall–Kier alpha value is -0.440. The summed E-state index contributed by atoms with van der Waals surface area (Å²) in [5.41, 5.74) is 0. The Kier molecular flexibility index (Phi) is 5.92. The summed E-state index contributed by atoms with van der Waals surface area (Å²) in [4.78, 5) is 0. The molecule has 2 rings (SSSR count). The quantitative estimate of drug-likeness (QED) is 0.238. The van der Waals surface area contributed by atoms with Crippen LogP contribution in [0.15, 0.2) is 0 Å². The van der Waals surface area contributed by atoms with Gasteiger partial charge < -0.3 is 55.1 Å². The van der Waals surface area contributed by atoms with Crippen LogP contribution in [0.1, 0.15) is 0 Å². The molecule has 0 bridgehead atoms. The summed E-state index contributed by atoms with van der Waals surface area (Å²) in [6.45, 7) is -2.32. The topological polar surface area (TPSA) is 190 Å². The van der Waals surface area contributed by atoms with E-state index in [1.54, 1.807) is 0 Å². The van der Waals surface area contributed by atoms with E-state index in [2.05, 4.69) is 0 Å². The summed E-state index contributed by atoms with van der Waals surface area (Å²) >= 11 is 0. The van der Waals surface area contributed by atoms with Gasteiger partial charge in [-0.1, -0.05) is 0 Å². The Balaban J connectivity index is 2.18. The minimum atomic E-state index is -2.22. The SMILES string of the molecule is OCC1O[C@H](O[C@]2(CO)O[C@H](CO)[C@@H](O)[C@@H]2O)[C@H](O)[C@@H](O)[C@@H]1O. The van der Waals surface area contributed by atoms with Crippen LogP contribution in [0.5, 0.6) is 0 Å². The van der Waals surface area contributed by atoms with E-state index >= 15 is 0 Å². The standard InChI is InChI=1S/C12H22O11/c13-1-4-6(16)8(18)9(19)11(21-4)23-12(3-15)10(20)7(17)5(2-14)22-12/h4-11,13-20H,1-3H2/t4?,5-,6-,7-,8+,9-,10+,11-,12+/m1/s1. The molecule has 0 aliphatic carbocycles. The first-order valence-electron chi connectivity index (χ1n) is 7.05. The molecule has 0 aromatic rings. The van der Waals surface area contributed by atoms with Crippen LogP contribution >= 0.6 is 0 Å². The maximum Gasteiger partial charge on any atom is 0.224 e. The molecule has 2 aliphatic rings. The summed E-state index contributed by atoms with van der Waals surface area (Å²) in [5, 5.41) is 76.7. The van der Waals surface area contributed by atoms with E-state index in [4.69, 9.17) is 24.4 Å². The summed E-state index contributed by atoms with van der Waals surface area (Å²) in [5.74, 6) is -2.22. The second-order valence-electron chi connectivity index (χ2n) is 5.56. The van der Waals surface area contributed by atoms with Crippen molar-refractivity contribution in [1.29, 1.82) is 0 Å². The second kappa shape index (κ2) is 7.21. The van der Waals surface area contributed by atoms with E-state index in [1.807, 2.05) is 0 Å². The number of aliphatic hydroxyl groups excluding tert-OH is 8. The molecule has 2 heterocycles. The zero-order chi connectivity index (χ0) is 17.4.